The van der Waals surface area contributed by atoms with Crippen molar-refractivity contribution in [3.05, 3.63) is 47.8 Å². The molecule has 1 amide bonds. The average molecular weight is 400 g/mol. The van der Waals surface area contributed by atoms with Crippen LogP contribution in [0.5, 0.6) is 5.75 Å². The molecule has 0 bridgehead atoms. The minimum Gasteiger partial charge on any atom is -0.492 e. The van der Waals surface area contributed by atoms with E-state index in [1.54, 1.807) is 12.1 Å². The molecule has 2 unspecified atom stereocenters. The van der Waals surface area contributed by atoms with Gasteiger partial charge in [0.1, 0.15) is 11.6 Å². The Hall–Kier alpha value is -3.01. The van der Waals surface area contributed by atoms with Gasteiger partial charge in [-0.05, 0) is 31.0 Å². The van der Waals surface area contributed by atoms with Gasteiger partial charge in [-0.15, -0.1) is 0 Å². The maximum Gasteiger partial charge on any atom is 0.255 e. The second-order valence-corrected chi connectivity index (χ2v) is 7.59. The summed E-state index contributed by atoms with van der Waals surface area (Å²) in [6, 6.07) is 7.08. The van der Waals surface area contributed by atoms with Gasteiger partial charge in [0.05, 0.1) is 35.8 Å². The number of ether oxygens (including phenoxy) is 1. The Kier molecular flexibility index (Phi) is 5.20. The van der Waals surface area contributed by atoms with Crippen molar-refractivity contribution in [3.63, 3.8) is 0 Å². The minimum atomic E-state index is -1.57. The third-order valence-electron chi connectivity index (χ3n) is 4.77. The molecule has 0 spiro atoms. The number of hydrogen-bond donors (Lipinski definition) is 2. The third kappa shape index (κ3) is 3.81. The first kappa shape index (κ1) is 18.4. The lowest BCUT2D eigenvalue weighted by Crippen LogP contribution is -2.41. The molecule has 3 N–H and O–H groups in total. The molecular formula is C18H20N6O3S. The number of carbonyl (C=O) groups excluding carboxylic acids is 1. The topological polar surface area (TPSA) is 123 Å². The number of nitrogens with two attached hydrogens (primary N) is 1. The fourth-order valence-corrected chi connectivity index (χ4v) is 4.12. The Morgan fingerprint density at radius 1 is 1.36 bits per heavy atom. The second-order valence-electron chi connectivity index (χ2n) is 6.71. The van der Waals surface area contributed by atoms with Gasteiger partial charge in [-0.2, -0.15) is 14.6 Å². The number of nitrogens with zero attached hydrogens (tertiary/aromatic N) is 4. The number of hydrogen-bond acceptors (Lipinski definition) is 6. The lowest BCUT2D eigenvalue weighted by atomic mass is 9.98. The van der Waals surface area contributed by atoms with Crippen LogP contribution in [0.1, 0.15) is 28.8 Å². The number of anilines is 1. The van der Waals surface area contributed by atoms with Crippen LogP contribution in [0.3, 0.4) is 0 Å². The van der Waals surface area contributed by atoms with E-state index < -0.39 is 11.2 Å². The fourth-order valence-electron chi connectivity index (χ4n) is 3.45. The summed E-state index contributed by atoms with van der Waals surface area (Å²) >= 11 is -1.57. The van der Waals surface area contributed by atoms with Gasteiger partial charge >= 0.3 is 0 Å². The van der Waals surface area contributed by atoms with E-state index in [0.717, 1.165) is 12.8 Å². The molecule has 1 aromatic carbocycles. The van der Waals surface area contributed by atoms with Crippen LogP contribution in [0.4, 0.5) is 5.69 Å². The first-order valence-corrected chi connectivity index (χ1v) is 10.1. The van der Waals surface area contributed by atoms with Gasteiger partial charge in [0, 0.05) is 19.0 Å². The van der Waals surface area contributed by atoms with Gasteiger partial charge < -0.3 is 15.4 Å². The van der Waals surface area contributed by atoms with Crippen LogP contribution < -0.4 is 15.2 Å². The summed E-state index contributed by atoms with van der Waals surface area (Å²) in [6.45, 7) is 1.78. The molecule has 2 aromatic rings. The van der Waals surface area contributed by atoms with Gasteiger partial charge in [0.25, 0.3) is 5.91 Å². The highest BCUT2D eigenvalue weighted by Gasteiger charge is 2.26. The van der Waals surface area contributed by atoms with Crippen molar-refractivity contribution in [3.8, 4) is 5.75 Å². The molecule has 28 heavy (non-hydrogen) atoms. The predicted octanol–water partition coefficient (Wildman–Crippen LogP) is 1.12. The molecule has 1 saturated heterocycles. The molecule has 2 aliphatic heterocycles. The zero-order valence-corrected chi connectivity index (χ0v) is 15.9. The zero-order chi connectivity index (χ0) is 19.5. The number of amides is 1. The van der Waals surface area contributed by atoms with Crippen LogP contribution >= 0.6 is 0 Å². The minimum absolute atomic E-state index is 0.0419. The normalized spacial score (nSPS) is 21.3. The summed E-state index contributed by atoms with van der Waals surface area (Å²) in [5.74, 6) is 0.935. The van der Waals surface area contributed by atoms with Gasteiger partial charge in [0.2, 0.25) is 11.2 Å². The molecule has 0 radical (unpaired) electrons. The summed E-state index contributed by atoms with van der Waals surface area (Å²) in [5, 5.41) is 7.49. The Morgan fingerprint density at radius 3 is 3.07 bits per heavy atom. The quantitative estimate of drug-likeness (QED) is 0.793. The molecule has 10 heteroatoms. The van der Waals surface area contributed by atoms with Crippen molar-refractivity contribution in [2.24, 2.45) is 16.0 Å². The monoisotopic (exact) mass is 400 g/mol. The number of benzene rings is 1. The summed E-state index contributed by atoms with van der Waals surface area (Å²) < 4.78 is 24.3. The number of carbonyl (C=O) groups is 1. The number of likely N-dealkylation sites (tertiary alicyclic amines) is 1. The van der Waals surface area contributed by atoms with Crippen molar-refractivity contribution in [2.75, 3.05) is 24.4 Å². The van der Waals surface area contributed by atoms with Crippen LogP contribution in [0.15, 0.2) is 41.1 Å². The van der Waals surface area contributed by atoms with E-state index in [4.69, 9.17) is 10.5 Å². The summed E-state index contributed by atoms with van der Waals surface area (Å²) in [5.41, 5.74) is 7.74. The highest BCUT2D eigenvalue weighted by atomic mass is 32.2. The Bertz CT molecular complexity index is 936. The van der Waals surface area contributed by atoms with Gasteiger partial charge in [-0.3, -0.25) is 9.52 Å². The summed E-state index contributed by atoms with van der Waals surface area (Å²) in [6.07, 6.45) is 4.88. The van der Waals surface area contributed by atoms with Crippen LogP contribution in [0.25, 0.3) is 0 Å². The number of piperidine rings is 1. The summed E-state index contributed by atoms with van der Waals surface area (Å²) in [4.78, 5) is 14.5. The standard InChI is InChI=1S/C18H20N6O3S/c19-17-16-14(22-28(26)23-17)4-1-5-15(16)27-11-12-3-2-8-24(10-12)18(25)13-6-7-20-21-9-13/h1,4-7,9,12,22H,2-3,8,10-11H2,(H2,19,23). The summed E-state index contributed by atoms with van der Waals surface area (Å²) in [7, 11) is 0. The van der Waals surface area contributed by atoms with E-state index >= 15 is 0 Å². The molecule has 4 rings (SSSR count). The maximum atomic E-state index is 12.6. The lowest BCUT2D eigenvalue weighted by Gasteiger charge is -2.33. The molecule has 3 heterocycles. The van der Waals surface area contributed by atoms with Crippen molar-refractivity contribution in [2.45, 2.75) is 12.8 Å². The number of aromatic nitrogens is 2. The lowest BCUT2D eigenvalue weighted by molar-refractivity contribution is 0.0632. The predicted molar refractivity (Wildman–Crippen MR) is 105 cm³/mol. The van der Waals surface area contributed by atoms with Crippen LogP contribution in [0.2, 0.25) is 0 Å². The molecule has 0 aliphatic carbocycles. The van der Waals surface area contributed by atoms with E-state index in [0.29, 0.717) is 42.3 Å². The molecule has 1 aromatic heterocycles. The second kappa shape index (κ2) is 7.93. The van der Waals surface area contributed by atoms with Crippen molar-refractivity contribution >= 4 is 28.6 Å². The first-order chi connectivity index (χ1) is 13.6. The van der Waals surface area contributed by atoms with E-state index in [1.165, 1.54) is 12.4 Å². The number of nitrogens with one attached hydrogen (secondary N) is 1. The molecule has 9 nitrogen and oxygen atoms in total. The fraction of sp³-hybridized carbons (Fsp3) is 0.333. The Labute approximate surface area is 164 Å². The molecule has 2 aliphatic rings. The van der Waals surface area contributed by atoms with Gasteiger partial charge in [0.15, 0.2) is 0 Å². The largest absolute Gasteiger partial charge is 0.492 e. The SMILES string of the molecule is NC1=NS(=O)Nc2cccc(OCC3CCCN(C(=O)c4ccnnc4)C3)c21. The van der Waals surface area contributed by atoms with Crippen LogP contribution in [-0.2, 0) is 11.2 Å². The highest BCUT2D eigenvalue weighted by Crippen LogP contribution is 2.30. The van der Waals surface area contributed by atoms with E-state index in [2.05, 4.69) is 19.3 Å². The Balaban J connectivity index is 1.43. The van der Waals surface area contributed by atoms with Crippen molar-refractivity contribution in [1.29, 1.82) is 0 Å². The van der Waals surface area contributed by atoms with Gasteiger partial charge in [-0.25, -0.2) is 4.21 Å². The van der Waals surface area contributed by atoms with E-state index in [1.807, 2.05) is 17.0 Å². The molecular weight excluding hydrogens is 380 g/mol. The third-order valence-corrected chi connectivity index (χ3v) is 5.53. The molecule has 2 atom stereocenters. The molecule has 0 saturated carbocycles. The maximum absolute atomic E-state index is 12.6. The van der Waals surface area contributed by atoms with Gasteiger partial charge in [-0.1, -0.05) is 6.07 Å². The zero-order valence-electron chi connectivity index (χ0n) is 15.1. The molecule has 1 fully saturated rings. The Morgan fingerprint density at radius 2 is 2.25 bits per heavy atom. The van der Waals surface area contributed by atoms with Crippen LogP contribution in [0, 0.1) is 5.92 Å². The highest BCUT2D eigenvalue weighted by molar-refractivity contribution is 7.85. The number of fused-ring (bicyclic) bond motifs is 1. The average Bonchev–Trinajstić information content (AvgIpc) is 2.72. The van der Waals surface area contributed by atoms with E-state index in [-0.39, 0.29) is 17.7 Å². The number of amidine groups is 1. The number of rotatable bonds is 4. The molecule has 146 valence electrons. The van der Waals surface area contributed by atoms with Crippen molar-refractivity contribution in [1.82, 2.24) is 15.1 Å². The van der Waals surface area contributed by atoms with E-state index in [9.17, 15) is 9.00 Å². The smallest absolute Gasteiger partial charge is 0.255 e. The first-order valence-electron chi connectivity index (χ1n) is 8.96. The van der Waals surface area contributed by atoms with Crippen LogP contribution in [-0.4, -0.2) is 50.7 Å². The van der Waals surface area contributed by atoms with Crippen molar-refractivity contribution < 1.29 is 13.7 Å².